The summed E-state index contributed by atoms with van der Waals surface area (Å²) in [6.07, 6.45) is 0. The van der Waals surface area contributed by atoms with Gasteiger partial charge in [-0.3, -0.25) is 0 Å². The van der Waals surface area contributed by atoms with Crippen molar-refractivity contribution in [2.75, 3.05) is 4.90 Å². The van der Waals surface area contributed by atoms with Crippen molar-refractivity contribution < 1.29 is 0 Å². The summed E-state index contributed by atoms with van der Waals surface area (Å²) in [5.41, 5.74) is 11.8. The number of benzene rings is 8. The Morgan fingerprint density at radius 3 is 1.52 bits per heavy atom. The van der Waals surface area contributed by atoms with E-state index in [0.717, 1.165) is 17.1 Å². The lowest BCUT2D eigenvalue weighted by Crippen LogP contribution is -2.09. The highest BCUT2D eigenvalue weighted by atomic mass is 15.1. The molecule has 9 aromatic rings. The minimum Gasteiger partial charge on any atom is -0.311 e. The van der Waals surface area contributed by atoms with E-state index in [1.54, 1.807) is 0 Å². The molecule has 0 saturated carbocycles. The predicted molar refractivity (Wildman–Crippen MR) is 204 cm³/mol. The second-order valence-electron chi connectivity index (χ2n) is 12.3. The Morgan fingerprint density at radius 2 is 0.833 bits per heavy atom. The monoisotopic (exact) mass is 612 g/mol. The molecule has 48 heavy (non-hydrogen) atoms. The number of anilines is 3. The number of nitrogens with zero attached hydrogens (tertiary/aromatic N) is 2. The molecular weight excluding hydrogens is 581 g/mol. The number of hydrogen-bond acceptors (Lipinski definition) is 1. The molecule has 0 unspecified atom stereocenters. The van der Waals surface area contributed by atoms with Crippen molar-refractivity contribution in [2.45, 2.75) is 0 Å². The molecule has 9 rings (SSSR count). The van der Waals surface area contributed by atoms with Crippen molar-refractivity contribution in [1.82, 2.24) is 4.57 Å². The topological polar surface area (TPSA) is 8.17 Å². The van der Waals surface area contributed by atoms with Gasteiger partial charge in [-0.1, -0.05) is 121 Å². The average Bonchev–Trinajstić information content (AvgIpc) is 3.48. The maximum Gasteiger partial charge on any atom is 0.0547 e. The maximum atomic E-state index is 2.39. The summed E-state index contributed by atoms with van der Waals surface area (Å²) in [5, 5.41) is 5.02. The lowest BCUT2D eigenvalue weighted by molar-refractivity contribution is 1.18. The van der Waals surface area contributed by atoms with Gasteiger partial charge in [0, 0.05) is 33.5 Å². The number of fused-ring (bicyclic) bond motifs is 4. The van der Waals surface area contributed by atoms with Gasteiger partial charge in [-0.15, -0.1) is 0 Å². The van der Waals surface area contributed by atoms with E-state index in [0.29, 0.717) is 0 Å². The fourth-order valence-electron chi connectivity index (χ4n) is 7.01. The van der Waals surface area contributed by atoms with Crippen LogP contribution in [0.2, 0.25) is 0 Å². The highest BCUT2D eigenvalue weighted by Crippen LogP contribution is 2.38. The Hall–Kier alpha value is -6.38. The molecule has 0 amide bonds. The van der Waals surface area contributed by atoms with Crippen LogP contribution < -0.4 is 4.90 Å². The normalized spacial score (nSPS) is 11.3. The smallest absolute Gasteiger partial charge is 0.0547 e. The van der Waals surface area contributed by atoms with E-state index in [2.05, 4.69) is 204 Å². The highest BCUT2D eigenvalue weighted by Gasteiger charge is 2.15. The summed E-state index contributed by atoms with van der Waals surface area (Å²) in [5.74, 6) is 0. The summed E-state index contributed by atoms with van der Waals surface area (Å²) in [7, 11) is 0. The Bertz CT molecular complexity index is 2510. The van der Waals surface area contributed by atoms with Crippen LogP contribution in [0.5, 0.6) is 0 Å². The van der Waals surface area contributed by atoms with Crippen LogP contribution in [0, 0.1) is 0 Å². The molecule has 0 aliphatic heterocycles. The standard InChI is InChI=1S/C46H32N2/c1-4-12-33(13-5-1)34-22-26-41(27-23-34)47(39-14-6-2-7-15-39)42-28-24-35(25-29-42)36-20-21-37-31-44-43-18-10-11-19-45(43)48(40-16-8-3-9-17-40)46(44)32-38(37)30-36/h1-32H. The summed E-state index contributed by atoms with van der Waals surface area (Å²) in [4.78, 5) is 2.32. The van der Waals surface area contributed by atoms with Crippen LogP contribution in [0.4, 0.5) is 17.1 Å². The molecule has 226 valence electrons. The Morgan fingerprint density at radius 1 is 0.312 bits per heavy atom. The van der Waals surface area contributed by atoms with Crippen LogP contribution >= 0.6 is 0 Å². The molecule has 0 radical (unpaired) electrons. The first-order valence-electron chi connectivity index (χ1n) is 16.4. The molecule has 8 aromatic carbocycles. The molecule has 2 nitrogen and oxygen atoms in total. The van der Waals surface area contributed by atoms with E-state index in [1.807, 2.05) is 0 Å². The summed E-state index contributed by atoms with van der Waals surface area (Å²) in [6, 6.07) is 69.8. The van der Waals surface area contributed by atoms with Crippen LogP contribution in [-0.2, 0) is 0 Å². The number of rotatable bonds is 6. The van der Waals surface area contributed by atoms with Gasteiger partial charge < -0.3 is 9.47 Å². The zero-order valence-corrected chi connectivity index (χ0v) is 26.4. The van der Waals surface area contributed by atoms with Crippen molar-refractivity contribution in [3.8, 4) is 27.9 Å². The highest BCUT2D eigenvalue weighted by molar-refractivity contribution is 6.14. The first-order chi connectivity index (χ1) is 23.8. The first-order valence-corrected chi connectivity index (χ1v) is 16.4. The summed E-state index contributed by atoms with van der Waals surface area (Å²) < 4.78 is 2.39. The minimum atomic E-state index is 1.12. The van der Waals surface area contributed by atoms with E-state index >= 15 is 0 Å². The van der Waals surface area contributed by atoms with E-state index < -0.39 is 0 Å². The Kier molecular flexibility index (Phi) is 6.84. The molecule has 0 bridgehead atoms. The van der Waals surface area contributed by atoms with Gasteiger partial charge in [-0.05, 0) is 106 Å². The molecule has 2 heteroatoms. The van der Waals surface area contributed by atoms with Crippen molar-refractivity contribution in [3.05, 3.63) is 194 Å². The second kappa shape index (κ2) is 11.8. The third-order valence-electron chi connectivity index (χ3n) is 9.35. The van der Waals surface area contributed by atoms with Crippen molar-refractivity contribution in [3.63, 3.8) is 0 Å². The van der Waals surface area contributed by atoms with Crippen LogP contribution in [0.15, 0.2) is 194 Å². The van der Waals surface area contributed by atoms with Gasteiger partial charge in [0.15, 0.2) is 0 Å². The lowest BCUT2D eigenvalue weighted by atomic mass is 9.99. The van der Waals surface area contributed by atoms with E-state index in [1.165, 1.54) is 60.5 Å². The third-order valence-corrected chi connectivity index (χ3v) is 9.35. The van der Waals surface area contributed by atoms with Crippen LogP contribution in [0.1, 0.15) is 0 Å². The molecule has 0 aliphatic rings. The molecule has 0 fully saturated rings. The molecule has 0 saturated heterocycles. The van der Waals surface area contributed by atoms with Crippen molar-refractivity contribution in [2.24, 2.45) is 0 Å². The van der Waals surface area contributed by atoms with Gasteiger partial charge in [0.2, 0.25) is 0 Å². The first kappa shape index (κ1) is 27.9. The van der Waals surface area contributed by atoms with E-state index in [-0.39, 0.29) is 0 Å². The lowest BCUT2D eigenvalue weighted by Gasteiger charge is -2.26. The summed E-state index contributed by atoms with van der Waals surface area (Å²) in [6.45, 7) is 0. The molecule has 1 aromatic heterocycles. The van der Waals surface area contributed by atoms with E-state index in [9.17, 15) is 0 Å². The number of hydrogen-bond donors (Lipinski definition) is 0. The second-order valence-corrected chi connectivity index (χ2v) is 12.3. The molecule has 0 spiro atoms. The van der Waals surface area contributed by atoms with E-state index in [4.69, 9.17) is 0 Å². The SMILES string of the molecule is c1ccc(-c2ccc(N(c3ccccc3)c3ccc(-c4ccc5cc6c7ccccc7n(-c7ccccc7)c6cc5c4)cc3)cc2)cc1. The third kappa shape index (κ3) is 4.92. The van der Waals surface area contributed by atoms with Crippen LogP contribution in [0.25, 0.3) is 60.5 Å². The van der Waals surface area contributed by atoms with Gasteiger partial charge in [0.1, 0.15) is 0 Å². The summed E-state index contributed by atoms with van der Waals surface area (Å²) >= 11 is 0. The fourth-order valence-corrected chi connectivity index (χ4v) is 7.01. The Labute approximate surface area is 280 Å². The van der Waals surface area contributed by atoms with Crippen LogP contribution in [-0.4, -0.2) is 4.57 Å². The fraction of sp³-hybridized carbons (Fsp3) is 0. The predicted octanol–water partition coefficient (Wildman–Crippen LogP) is 12.7. The van der Waals surface area contributed by atoms with Gasteiger partial charge >= 0.3 is 0 Å². The Balaban J connectivity index is 1.10. The largest absolute Gasteiger partial charge is 0.311 e. The number of aromatic nitrogens is 1. The molecule has 0 atom stereocenters. The molecule has 0 aliphatic carbocycles. The van der Waals surface area contributed by atoms with Crippen LogP contribution in [0.3, 0.4) is 0 Å². The van der Waals surface area contributed by atoms with Crippen molar-refractivity contribution in [1.29, 1.82) is 0 Å². The van der Waals surface area contributed by atoms with Gasteiger partial charge in [0.05, 0.1) is 11.0 Å². The minimum absolute atomic E-state index is 1.12. The zero-order chi connectivity index (χ0) is 31.9. The zero-order valence-electron chi connectivity index (χ0n) is 26.4. The average molecular weight is 613 g/mol. The van der Waals surface area contributed by atoms with Gasteiger partial charge in [-0.2, -0.15) is 0 Å². The van der Waals surface area contributed by atoms with Crippen molar-refractivity contribution >= 4 is 49.6 Å². The maximum absolute atomic E-state index is 2.39. The quantitative estimate of drug-likeness (QED) is 0.181. The molecule has 0 N–H and O–H groups in total. The van der Waals surface area contributed by atoms with Gasteiger partial charge in [-0.25, -0.2) is 0 Å². The molecule has 1 heterocycles. The number of para-hydroxylation sites is 3. The molecular formula is C46H32N2. The van der Waals surface area contributed by atoms with Gasteiger partial charge in [0.25, 0.3) is 0 Å².